The highest BCUT2D eigenvalue weighted by atomic mass is 32.1. The van der Waals surface area contributed by atoms with E-state index >= 15 is 0 Å². The van der Waals surface area contributed by atoms with E-state index in [1.165, 1.54) is 30.8 Å². The quantitative estimate of drug-likeness (QED) is 0.923. The van der Waals surface area contributed by atoms with Gasteiger partial charge in [0, 0.05) is 35.4 Å². The van der Waals surface area contributed by atoms with Gasteiger partial charge in [0.05, 0.1) is 0 Å². The molecule has 2 aromatic rings. The third-order valence-electron chi connectivity index (χ3n) is 4.86. The van der Waals surface area contributed by atoms with Crippen LogP contribution in [-0.2, 0) is 0 Å². The summed E-state index contributed by atoms with van der Waals surface area (Å²) in [7, 11) is 0. The standard InChI is InChI=1S/C17H21N3OS/c21-17(18-15-10-13-3-6-19(12-15)7-4-13)20-8-5-14(11-20)16-2-1-9-22-16/h1-2,5,8-9,11,13,15H,3-4,6-7,10,12H2,(H,18,21). The Bertz CT molecular complexity index is 627. The molecule has 5 heteroatoms. The first kappa shape index (κ1) is 14.0. The molecule has 3 fully saturated rings. The van der Waals surface area contributed by atoms with Gasteiger partial charge in [0.25, 0.3) is 0 Å². The fourth-order valence-corrected chi connectivity index (χ4v) is 4.38. The van der Waals surface area contributed by atoms with Crippen molar-refractivity contribution in [2.45, 2.75) is 25.3 Å². The SMILES string of the molecule is O=C(NC1CC2CCN(CC2)C1)n1ccc(-c2cccs2)c1. The number of nitrogens with zero attached hydrogens (tertiary/aromatic N) is 2. The molecule has 1 unspecified atom stereocenters. The number of piperidine rings is 1. The predicted octanol–water partition coefficient (Wildman–Crippen LogP) is 3.26. The Balaban J connectivity index is 1.44. The van der Waals surface area contributed by atoms with Gasteiger partial charge < -0.3 is 10.2 Å². The molecule has 3 aliphatic rings. The molecule has 22 heavy (non-hydrogen) atoms. The second kappa shape index (κ2) is 5.89. The summed E-state index contributed by atoms with van der Waals surface area (Å²) in [5.41, 5.74) is 1.11. The molecule has 2 bridgehead atoms. The molecule has 116 valence electrons. The highest BCUT2D eigenvalue weighted by Crippen LogP contribution is 2.27. The van der Waals surface area contributed by atoms with E-state index in [0.717, 1.165) is 24.4 Å². The maximum atomic E-state index is 12.5. The van der Waals surface area contributed by atoms with Crippen LogP contribution in [0.25, 0.3) is 10.4 Å². The summed E-state index contributed by atoms with van der Waals surface area (Å²) in [6.45, 7) is 3.40. The van der Waals surface area contributed by atoms with E-state index in [1.54, 1.807) is 15.9 Å². The van der Waals surface area contributed by atoms with Gasteiger partial charge in [-0.3, -0.25) is 4.57 Å². The molecule has 1 amide bonds. The van der Waals surface area contributed by atoms with Crippen molar-refractivity contribution < 1.29 is 4.79 Å². The first-order valence-corrected chi connectivity index (χ1v) is 8.91. The maximum Gasteiger partial charge on any atom is 0.325 e. The van der Waals surface area contributed by atoms with Gasteiger partial charge in [-0.05, 0) is 55.8 Å². The molecule has 5 heterocycles. The molecule has 0 spiro atoms. The summed E-state index contributed by atoms with van der Waals surface area (Å²) in [6.07, 6.45) is 7.49. The van der Waals surface area contributed by atoms with E-state index in [1.807, 2.05) is 24.5 Å². The van der Waals surface area contributed by atoms with Crippen molar-refractivity contribution in [3.8, 4) is 10.4 Å². The molecule has 3 aliphatic heterocycles. The fraction of sp³-hybridized carbons (Fsp3) is 0.471. The van der Waals surface area contributed by atoms with Crippen molar-refractivity contribution in [1.82, 2.24) is 14.8 Å². The van der Waals surface area contributed by atoms with Crippen molar-refractivity contribution >= 4 is 17.4 Å². The number of fused-ring (bicyclic) bond motifs is 4. The number of carbonyl (C=O) groups excluding carboxylic acids is 1. The van der Waals surface area contributed by atoms with Crippen LogP contribution in [0.5, 0.6) is 0 Å². The first-order valence-electron chi connectivity index (χ1n) is 8.03. The van der Waals surface area contributed by atoms with Gasteiger partial charge >= 0.3 is 6.03 Å². The van der Waals surface area contributed by atoms with Crippen LogP contribution < -0.4 is 5.32 Å². The lowest BCUT2D eigenvalue weighted by atomic mass is 9.94. The van der Waals surface area contributed by atoms with E-state index in [0.29, 0.717) is 0 Å². The van der Waals surface area contributed by atoms with Gasteiger partial charge in [0.1, 0.15) is 0 Å². The van der Waals surface area contributed by atoms with Crippen molar-refractivity contribution in [1.29, 1.82) is 0 Å². The summed E-state index contributed by atoms with van der Waals surface area (Å²) >= 11 is 1.70. The topological polar surface area (TPSA) is 37.3 Å². The Morgan fingerprint density at radius 2 is 2.14 bits per heavy atom. The molecule has 1 N–H and O–H groups in total. The Morgan fingerprint density at radius 3 is 2.91 bits per heavy atom. The second-order valence-corrected chi connectivity index (χ2v) is 7.36. The average molecular weight is 315 g/mol. The van der Waals surface area contributed by atoms with Gasteiger partial charge in [0.2, 0.25) is 0 Å². The first-order chi connectivity index (χ1) is 10.8. The van der Waals surface area contributed by atoms with Crippen molar-refractivity contribution in [2.24, 2.45) is 5.92 Å². The number of nitrogens with one attached hydrogen (secondary N) is 1. The second-order valence-electron chi connectivity index (χ2n) is 6.41. The summed E-state index contributed by atoms with van der Waals surface area (Å²) < 4.78 is 1.68. The third-order valence-corrected chi connectivity index (χ3v) is 5.78. The van der Waals surface area contributed by atoms with Crippen molar-refractivity contribution in [3.05, 3.63) is 36.0 Å². The Morgan fingerprint density at radius 1 is 1.27 bits per heavy atom. The molecule has 0 radical (unpaired) electrons. The molecular weight excluding hydrogens is 294 g/mol. The highest BCUT2D eigenvalue weighted by molar-refractivity contribution is 7.13. The lowest BCUT2D eigenvalue weighted by molar-refractivity contribution is 0.217. The largest absolute Gasteiger partial charge is 0.333 e. The molecule has 5 rings (SSSR count). The average Bonchev–Trinajstić information content (AvgIpc) is 3.13. The van der Waals surface area contributed by atoms with E-state index in [9.17, 15) is 4.79 Å². The number of hydrogen-bond donors (Lipinski definition) is 1. The molecule has 1 atom stereocenters. The lowest BCUT2D eigenvalue weighted by Crippen LogP contribution is -2.43. The summed E-state index contributed by atoms with van der Waals surface area (Å²) in [4.78, 5) is 16.2. The van der Waals surface area contributed by atoms with Crippen LogP contribution in [-0.4, -0.2) is 41.2 Å². The number of carbonyl (C=O) groups is 1. The van der Waals surface area contributed by atoms with Gasteiger partial charge in [-0.25, -0.2) is 4.79 Å². The van der Waals surface area contributed by atoms with Crippen LogP contribution in [0.1, 0.15) is 19.3 Å². The normalized spacial score (nSPS) is 27.5. The predicted molar refractivity (Wildman–Crippen MR) is 89.2 cm³/mol. The number of rotatable bonds is 2. The van der Waals surface area contributed by atoms with Crippen molar-refractivity contribution in [3.63, 3.8) is 0 Å². The minimum atomic E-state index is -0.00435. The molecular formula is C17H21N3OS. The Hall–Kier alpha value is -1.59. The van der Waals surface area contributed by atoms with Crippen LogP contribution in [0.2, 0.25) is 0 Å². The zero-order chi connectivity index (χ0) is 14.9. The van der Waals surface area contributed by atoms with E-state index in [2.05, 4.69) is 21.7 Å². The van der Waals surface area contributed by atoms with E-state index in [4.69, 9.17) is 0 Å². The maximum absolute atomic E-state index is 12.5. The fourth-order valence-electron chi connectivity index (χ4n) is 3.66. The van der Waals surface area contributed by atoms with Crippen LogP contribution in [0, 0.1) is 5.92 Å². The summed E-state index contributed by atoms with van der Waals surface area (Å²) in [5.74, 6) is 0.787. The van der Waals surface area contributed by atoms with Crippen molar-refractivity contribution in [2.75, 3.05) is 19.6 Å². The lowest BCUT2D eigenvalue weighted by Gasteiger charge is -2.26. The molecule has 0 aromatic carbocycles. The molecule has 2 aromatic heterocycles. The monoisotopic (exact) mass is 315 g/mol. The third kappa shape index (κ3) is 2.83. The number of amides is 1. The number of thiophene rings is 1. The van der Waals surface area contributed by atoms with E-state index in [-0.39, 0.29) is 12.1 Å². The van der Waals surface area contributed by atoms with E-state index < -0.39 is 0 Å². The molecule has 3 saturated heterocycles. The van der Waals surface area contributed by atoms with Crippen LogP contribution in [0.3, 0.4) is 0 Å². The van der Waals surface area contributed by atoms with Crippen LogP contribution in [0.4, 0.5) is 4.79 Å². The zero-order valence-corrected chi connectivity index (χ0v) is 13.4. The van der Waals surface area contributed by atoms with Gasteiger partial charge in [-0.2, -0.15) is 0 Å². The highest BCUT2D eigenvalue weighted by Gasteiger charge is 2.29. The number of hydrogen-bond acceptors (Lipinski definition) is 3. The van der Waals surface area contributed by atoms with Gasteiger partial charge in [-0.1, -0.05) is 6.07 Å². The molecule has 4 nitrogen and oxygen atoms in total. The van der Waals surface area contributed by atoms with Gasteiger partial charge in [0.15, 0.2) is 0 Å². The Labute approximate surface area is 134 Å². The van der Waals surface area contributed by atoms with Gasteiger partial charge in [-0.15, -0.1) is 11.3 Å². The summed E-state index contributed by atoms with van der Waals surface area (Å²) in [6, 6.07) is 6.41. The zero-order valence-electron chi connectivity index (χ0n) is 12.6. The van der Waals surface area contributed by atoms with Crippen LogP contribution >= 0.6 is 11.3 Å². The minimum absolute atomic E-state index is 0.00435. The Kier molecular flexibility index (Phi) is 3.76. The molecule has 0 aliphatic carbocycles. The molecule has 0 saturated carbocycles. The number of aromatic nitrogens is 1. The minimum Gasteiger partial charge on any atom is -0.333 e. The summed E-state index contributed by atoms with van der Waals surface area (Å²) in [5, 5.41) is 5.28. The van der Waals surface area contributed by atoms with Crippen LogP contribution in [0.15, 0.2) is 36.0 Å². The smallest absolute Gasteiger partial charge is 0.325 e.